The van der Waals surface area contributed by atoms with Crippen LogP contribution in [0.25, 0.3) is 0 Å². The molecule has 0 bridgehead atoms. The molecule has 1 heterocycles. The van der Waals surface area contributed by atoms with E-state index in [2.05, 4.69) is 6.07 Å². The Kier molecular flexibility index (Phi) is 3.41. The third-order valence-corrected chi connectivity index (χ3v) is 3.03. The molecule has 1 aromatic carbocycles. The number of hydrogen-bond donors (Lipinski definition) is 1. The minimum atomic E-state index is 0.487. The van der Waals surface area contributed by atoms with E-state index in [1.807, 2.05) is 18.2 Å². The average Bonchev–Trinajstić information content (AvgIpc) is 2.30. The monoisotopic (exact) mass is 220 g/mol. The Hall–Kier alpha value is -1.55. The van der Waals surface area contributed by atoms with Crippen molar-refractivity contribution >= 4 is 12.2 Å². The smallest absolute Gasteiger partial charge is 0.312 e. The molecular weight excluding hydrogens is 204 g/mol. The van der Waals surface area contributed by atoms with E-state index in [0.29, 0.717) is 12.4 Å². The quantitative estimate of drug-likeness (QED) is 0.620. The zero-order valence-corrected chi connectivity index (χ0v) is 9.13. The van der Waals surface area contributed by atoms with E-state index in [-0.39, 0.29) is 0 Å². The third-order valence-electron chi connectivity index (χ3n) is 3.03. The summed E-state index contributed by atoms with van der Waals surface area (Å²) in [5.74, 6) is 0.523. The molecule has 0 saturated carbocycles. The molecule has 0 aromatic heterocycles. The van der Waals surface area contributed by atoms with E-state index in [9.17, 15) is 4.79 Å². The molecule has 0 atom stereocenters. The molecule has 1 saturated heterocycles. The van der Waals surface area contributed by atoms with Gasteiger partial charge in [-0.05, 0) is 36.5 Å². The van der Waals surface area contributed by atoms with Gasteiger partial charge in [-0.25, -0.2) is 0 Å². The molecule has 0 unspecified atom stereocenters. The zero-order valence-electron chi connectivity index (χ0n) is 9.13. The first-order chi connectivity index (χ1) is 7.79. The van der Waals surface area contributed by atoms with Gasteiger partial charge >= 0.3 is 6.47 Å². The topological polar surface area (TPSA) is 55.6 Å². The van der Waals surface area contributed by atoms with Crippen LogP contribution in [-0.4, -0.2) is 24.6 Å². The van der Waals surface area contributed by atoms with Crippen molar-refractivity contribution in [2.24, 2.45) is 0 Å². The first kappa shape index (κ1) is 11.0. The standard InChI is InChI=1S/C12H16N2O2/c13-12-3-1-2-11(8-12)10-4-6-14(7-5-10)16-9-15/h1-3,8-10H,4-7,13H2. The molecule has 86 valence electrons. The number of nitrogen functional groups attached to an aromatic ring is 1. The van der Waals surface area contributed by atoms with Crippen molar-refractivity contribution in [2.75, 3.05) is 18.8 Å². The lowest BCUT2D eigenvalue weighted by Gasteiger charge is -2.29. The molecule has 16 heavy (non-hydrogen) atoms. The van der Waals surface area contributed by atoms with Crippen molar-refractivity contribution in [3.63, 3.8) is 0 Å². The highest BCUT2D eigenvalue weighted by Crippen LogP contribution is 2.28. The summed E-state index contributed by atoms with van der Waals surface area (Å²) in [5.41, 5.74) is 7.85. The number of nitrogens with zero attached hydrogens (tertiary/aromatic N) is 1. The number of carbonyl (C=O) groups excluding carboxylic acids is 1. The van der Waals surface area contributed by atoms with Gasteiger partial charge in [0.2, 0.25) is 0 Å². The Balaban J connectivity index is 1.96. The van der Waals surface area contributed by atoms with Gasteiger partial charge in [-0.15, -0.1) is 5.06 Å². The van der Waals surface area contributed by atoms with Gasteiger partial charge in [0.15, 0.2) is 0 Å². The highest BCUT2D eigenvalue weighted by molar-refractivity contribution is 5.42. The van der Waals surface area contributed by atoms with Crippen molar-refractivity contribution in [1.82, 2.24) is 5.06 Å². The maximum Gasteiger partial charge on any atom is 0.312 e. The third kappa shape index (κ3) is 2.52. The fraction of sp³-hybridized carbons (Fsp3) is 0.417. The van der Waals surface area contributed by atoms with Crippen LogP contribution < -0.4 is 5.73 Å². The summed E-state index contributed by atoms with van der Waals surface area (Å²) in [7, 11) is 0. The predicted molar refractivity (Wildman–Crippen MR) is 61.6 cm³/mol. The first-order valence-corrected chi connectivity index (χ1v) is 5.50. The number of benzene rings is 1. The zero-order chi connectivity index (χ0) is 11.4. The fourth-order valence-corrected chi connectivity index (χ4v) is 2.17. The van der Waals surface area contributed by atoms with E-state index < -0.39 is 0 Å². The molecule has 4 nitrogen and oxygen atoms in total. The summed E-state index contributed by atoms with van der Waals surface area (Å²) in [6, 6.07) is 8.02. The van der Waals surface area contributed by atoms with Crippen LogP contribution in [0.1, 0.15) is 24.3 Å². The lowest BCUT2D eigenvalue weighted by Crippen LogP contribution is -2.32. The second-order valence-electron chi connectivity index (χ2n) is 4.08. The van der Waals surface area contributed by atoms with Crippen LogP contribution in [0.4, 0.5) is 5.69 Å². The van der Waals surface area contributed by atoms with E-state index in [1.165, 1.54) is 5.56 Å². The van der Waals surface area contributed by atoms with Gasteiger partial charge in [0.1, 0.15) is 0 Å². The molecule has 0 radical (unpaired) electrons. The molecule has 1 fully saturated rings. The summed E-state index contributed by atoms with van der Waals surface area (Å²) < 4.78 is 0. The second kappa shape index (κ2) is 4.99. The maximum absolute atomic E-state index is 10.2. The van der Waals surface area contributed by atoms with Crippen LogP contribution in [0.3, 0.4) is 0 Å². The molecule has 1 aliphatic rings. The van der Waals surface area contributed by atoms with E-state index in [0.717, 1.165) is 31.6 Å². The van der Waals surface area contributed by atoms with Crippen LogP contribution >= 0.6 is 0 Å². The maximum atomic E-state index is 10.2. The van der Waals surface area contributed by atoms with Gasteiger partial charge < -0.3 is 10.6 Å². The Morgan fingerprint density at radius 1 is 1.38 bits per heavy atom. The Bertz CT molecular complexity index is 360. The van der Waals surface area contributed by atoms with Gasteiger partial charge in [-0.2, -0.15) is 0 Å². The highest BCUT2D eigenvalue weighted by atomic mass is 16.7. The normalized spacial score (nSPS) is 18.2. The van der Waals surface area contributed by atoms with Crippen LogP contribution in [0.2, 0.25) is 0 Å². The Morgan fingerprint density at radius 2 is 2.12 bits per heavy atom. The van der Waals surface area contributed by atoms with E-state index in [1.54, 1.807) is 5.06 Å². The van der Waals surface area contributed by atoms with Gasteiger partial charge in [0, 0.05) is 18.8 Å². The lowest BCUT2D eigenvalue weighted by molar-refractivity contribution is -0.178. The molecule has 0 aliphatic carbocycles. The number of anilines is 1. The summed E-state index contributed by atoms with van der Waals surface area (Å²) in [4.78, 5) is 15.0. The lowest BCUT2D eigenvalue weighted by atomic mass is 9.90. The summed E-state index contributed by atoms with van der Waals surface area (Å²) in [6.07, 6.45) is 1.99. The molecule has 2 rings (SSSR count). The van der Waals surface area contributed by atoms with E-state index in [4.69, 9.17) is 10.6 Å². The number of rotatable bonds is 3. The number of carbonyl (C=O) groups is 1. The Morgan fingerprint density at radius 3 is 2.75 bits per heavy atom. The largest absolute Gasteiger partial charge is 0.399 e. The van der Waals surface area contributed by atoms with Crippen LogP contribution in [-0.2, 0) is 9.63 Å². The van der Waals surface area contributed by atoms with Gasteiger partial charge in [-0.3, -0.25) is 4.79 Å². The molecule has 0 spiro atoms. The van der Waals surface area contributed by atoms with E-state index >= 15 is 0 Å². The minimum absolute atomic E-state index is 0.487. The summed E-state index contributed by atoms with van der Waals surface area (Å²) >= 11 is 0. The SMILES string of the molecule is Nc1cccc(C2CCN(OC=O)CC2)c1. The van der Waals surface area contributed by atoms with Crippen LogP contribution in [0, 0.1) is 0 Å². The summed E-state index contributed by atoms with van der Waals surface area (Å²) in [6.45, 7) is 2.07. The van der Waals surface area contributed by atoms with Crippen molar-refractivity contribution in [1.29, 1.82) is 0 Å². The molecule has 0 amide bonds. The predicted octanol–water partition coefficient (Wildman–Crippen LogP) is 1.54. The van der Waals surface area contributed by atoms with Crippen LogP contribution in [0.5, 0.6) is 0 Å². The fourth-order valence-electron chi connectivity index (χ4n) is 2.17. The number of hydrogen-bond acceptors (Lipinski definition) is 4. The first-order valence-electron chi connectivity index (χ1n) is 5.50. The number of piperidine rings is 1. The summed E-state index contributed by atoms with van der Waals surface area (Å²) in [5, 5.41) is 1.70. The van der Waals surface area contributed by atoms with Gasteiger partial charge in [0.05, 0.1) is 0 Å². The van der Waals surface area contributed by atoms with Crippen LogP contribution in [0.15, 0.2) is 24.3 Å². The van der Waals surface area contributed by atoms with Crippen molar-refractivity contribution in [3.8, 4) is 0 Å². The molecular formula is C12H16N2O2. The van der Waals surface area contributed by atoms with Crippen molar-refractivity contribution in [2.45, 2.75) is 18.8 Å². The Labute approximate surface area is 94.9 Å². The minimum Gasteiger partial charge on any atom is -0.399 e. The van der Waals surface area contributed by atoms with Crippen molar-refractivity contribution in [3.05, 3.63) is 29.8 Å². The highest BCUT2D eigenvalue weighted by Gasteiger charge is 2.21. The van der Waals surface area contributed by atoms with Gasteiger partial charge in [-0.1, -0.05) is 12.1 Å². The molecule has 2 N–H and O–H groups in total. The van der Waals surface area contributed by atoms with Crippen molar-refractivity contribution < 1.29 is 9.63 Å². The second-order valence-corrected chi connectivity index (χ2v) is 4.08. The van der Waals surface area contributed by atoms with Gasteiger partial charge in [0.25, 0.3) is 0 Å². The number of nitrogens with two attached hydrogens (primary N) is 1. The molecule has 1 aromatic rings. The average molecular weight is 220 g/mol. The number of hydroxylamine groups is 2. The molecule has 1 aliphatic heterocycles. The molecule has 4 heteroatoms.